The molecule has 4 nitrogen and oxygen atoms in total. The maximum atomic E-state index is 5.88. The maximum Gasteiger partial charge on any atom is 0.122 e. The van der Waals surface area contributed by atoms with Crippen LogP contribution in [-0.4, -0.2) is 37.7 Å². The molecule has 2 unspecified atom stereocenters. The van der Waals surface area contributed by atoms with Crippen LogP contribution in [0.15, 0.2) is 16.5 Å². The first-order valence-electron chi connectivity index (χ1n) is 6.15. The van der Waals surface area contributed by atoms with Crippen molar-refractivity contribution in [2.24, 2.45) is 5.73 Å². The molecule has 0 bridgehead atoms. The van der Waals surface area contributed by atoms with Crippen molar-refractivity contribution < 1.29 is 9.15 Å². The standard InChI is InChI=1S/C13H24N2O2/c1-5-15(10(2)9-16-4)12(8-14)13-7-6-11(3)17-13/h6-7,10,12H,5,8-9,14H2,1-4H3. The zero-order valence-corrected chi connectivity index (χ0v) is 11.3. The van der Waals surface area contributed by atoms with Crippen LogP contribution in [0.25, 0.3) is 0 Å². The number of ether oxygens (including phenoxy) is 1. The van der Waals surface area contributed by atoms with Gasteiger partial charge in [-0.25, -0.2) is 0 Å². The molecule has 0 aromatic carbocycles. The Morgan fingerprint density at radius 1 is 1.47 bits per heavy atom. The zero-order valence-electron chi connectivity index (χ0n) is 11.3. The number of furan rings is 1. The molecule has 2 N–H and O–H groups in total. The first-order chi connectivity index (χ1) is 8.13. The third-order valence-electron chi connectivity index (χ3n) is 3.05. The average molecular weight is 240 g/mol. The van der Waals surface area contributed by atoms with Crippen LogP contribution in [-0.2, 0) is 4.74 Å². The minimum atomic E-state index is 0.124. The maximum absolute atomic E-state index is 5.88. The Morgan fingerprint density at radius 2 is 2.18 bits per heavy atom. The molecular formula is C13H24N2O2. The van der Waals surface area contributed by atoms with Gasteiger partial charge in [0.05, 0.1) is 12.6 Å². The van der Waals surface area contributed by atoms with Gasteiger partial charge in [-0.05, 0) is 32.5 Å². The Labute approximate surface area is 104 Å². The molecule has 0 radical (unpaired) electrons. The number of methoxy groups -OCH3 is 1. The van der Waals surface area contributed by atoms with Crippen molar-refractivity contribution in [3.8, 4) is 0 Å². The molecule has 1 aromatic heterocycles. The number of nitrogens with zero attached hydrogens (tertiary/aromatic N) is 1. The van der Waals surface area contributed by atoms with Gasteiger partial charge in [0.1, 0.15) is 11.5 Å². The van der Waals surface area contributed by atoms with Gasteiger partial charge in [0, 0.05) is 19.7 Å². The van der Waals surface area contributed by atoms with Gasteiger partial charge in [-0.1, -0.05) is 6.92 Å². The summed E-state index contributed by atoms with van der Waals surface area (Å²) in [5.41, 5.74) is 5.88. The second-order valence-electron chi connectivity index (χ2n) is 4.33. The molecule has 17 heavy (non-hydrogen) atoms. The molecule has 98 valence electrons. The van der Waals surface area contributed by atoms with Crippen LogP contribution in [0.5, 0.6) is 0 Å². The summed E-state index contributed by atoms with van der Waals surface area (Å²) in [6, 6.07) is 4.44. The van der Waals surface area contributed by atoms with E-state index in [4.69, 9.17) is 14.9 Å². The van der Waals surface area contributed by atoms with Crippen LogP contribution in [0.4, 0.5) is 0 Å². The Kier molecular flexibility index (Phi) is 5.68. The van der Waals surface area contributed by atoms with Gasteiger partial charge < -0.3 is 14.9 Å². The first kappa shape index (κ1) is 14.2. The van der Waals surface area contributed by atoms with Crippen molar-refractivity contribution in [2.75, 3.05) is 26.8 Å². The van der Waals surface area contributed by atoms with Gasteiger partial charge in [-0.3, -0.25) is 4.90 Å². The van der Waals surface area contributed by atoms with Crippen molar-refractivity contribution in [2.45, 2.75) is 32.9 Å². The van der Waals surface area contributed by atoms with Gasteiger partial charge in [0.15, 0.2) is 0 Å². The topological polar surface area (TPSA) is 51.6 Å². The second kappa shape index (κ2) is 6.79. The quantitative estimate of drug-likeness (QED) is 0.791. The number of likely N-dealkylation sites (N-methyl/N-ethyl adjacent to an activating group) is 1. The number of nitrogens with two attached hydrogens (primary N) is 1. The summed E-state index contributed by atoms with van der Waals surface area (Å²) in [5.74, 6) is 1.86. The van der Waals surface area contributed by atoms with E-state index in [1.165, 1.54) is 0 Å². The Hall–Kier alpha value is -0.840. The predicted molar refractivity (Wildman–Crippen MR) is 69.0 cm³/mol. The molecule has 0 aliphatic carbocycles. The van der Waals surface area contributed by atoms with E-state index in [1.54, 1.807) is 7.11 Å². The third-order valence-corrected chi connectivity index (χ3v) is 3.05. The molecule has 2 atom stereocenters. The molecule has 4 heteroatoms. The van der Waals surface area contributed by atoms with E-state index in [1.807, 2.05) is 19.1 Å². The van der Waals surface area contributed by atoms with Gasteiger partial charge in [-0.2, -0.15) is 0 Å². The van der Waals surface area contributed by atoms with Crippen molar-refractivity contribution in [3.63, 3.8) is 0 Å². The molecule has 0 saturated heterocycles. The lowest BCUT2D eigenvalue weighted by molar-refractivity contribution is 0.0677. The van der Waals surface area contributed by atoms with Crippen molar-refractivity contribution in [3.05, 3.63) is 23.7 Å². The van der Waals surface area contributed by atoms with Crippen LogP contribution in [0.1, 0.15) is 31.4 Å². The smallest absolute Gasteiger partial charge is 0.122 e. The fraction of sp³-hybridized carbons (Fsp3) is 0.692. The van der Waals surface area contributed by atoms with Gasteiger partial charge in [0.2, 0.25) is 0 Å². The lowest BCUT2D eigenvalue weighted by atomic mass is 10.1. The number of hydrogen-bond acceptors (Lipinski definition) is 4. The van der Waals surface area contributed by atoms with E-state index in [2.05, 4.69) is 18.7 Å². The molecule has 1 rings (SSSR count). The van der Waals surface area contributed by atoms with E-state index < -0.39 is 0 Å². The lowest BCUT2D eigenvalue weighted by Gasteiger charge is -2.33. The summed E-state index contributed by atoms with van der Waals surface area (Å²) in [4.78, 5) is 2.31. The molecule has 1 aromatic rings. The third kappa shape index (κ3) is 3.56. The monoisotopic (exact) mass is 240 g/mol. The van der Waals surface area contributed by atoms with Gasteiger partial charge in [0.25, 0.3) is 0 Å². The van der Waals surface area contributed by atoms with Gasteiger partial charge in [-0.15, -0.1) is 0 Å². The Morgan fingerprint density at radius 3 is 2.59 bits per heavy atom. The van der Waals surface area contributed by atoms with Crippen LogP contribution in [0.3, 0.4) is 0 Å². The van der Waals surface area contributed by atoms with Crippen molar-refractivity contribution >= 4 is 0 Å². The van der Waals surface area contributed by atoms with E-state index in [0.717, 1.165) is 18.1 Å². The summed E-state index contributed by atoms with van der Waals surface area (Å²) in [6.45, 7) is 8.40. The Bertz CT molecular complexity index is 325. The van der Waals surface area contributed by atoms with Crippen molar-refractivity contribution in [1.82, 2.24) is 4.90 Å². The van der Waals surface area contributed by atoms with Crippen molar-refractivity contribution in [1.29, 1.82) is 0 Å². The molecule has 0 spiro atoms. The molecule has 1 heterocycles. The summed E-state index contributed by atoms with van der Waals surface area (Å²) < 4.78 is 10.9. The highest BCUT2D eigenvalue weighted by Crippen LogP contribution is 2.23. The first-order valence-corrected chi connectivity index (χ1v) is 6.15. The van der Waals surface area contributed by atoms with E-state index >= 15 is 0 Å². The minimum Gasteiger partial charge on any atom is -0.465 e. The zero-order chi connectivity index (χ0) is 12.8. The predicted octanol–water partition coefficient (Wildman–Crippen LogP) is 1.94. The normalized spacial score (nSPS) is 15.2. The summed E-state index contributed by atoms with van der Waals surface area (Å²) in [6.07, 6.45) is 0. The van der Waals surface area contributed by atoms with E-state index in [-0.39, 0.29) is 6.04 Å². The molecule has 0 aliphatic heterocycles. The largest absolute Gasteiger partial charge is 0.465 e. The molecular weight excluding hydrogens is 216 g/mol. The highest BCUT2D eigenvalue weighted by atomic mass is 16.5. The molecule has 0 aliphatic rings. The number of rotatable bonds is 7. The number of aryl methyl sites for hydroxylation is 1. The average Bonchev–Trinajstić information content (AvgIpc) is 2.72. The Balaban J connectivity index is 2.83. The lowest BCUT2D eigenvalue weighted by Crippen LogP contribution is -2.41. The van der Waals surface area contributed by atoms with E-state index in [0.29, 0.717) is 19.2 Å². The molecule has 0 amide bonds. The van der Waals surface area contributed by atoms with Crippen LogP contribution >= 0.6 is 0 Å². The fourth-order valence-corrected chi connectivity index (χ4v) is 2.22. The molecule has 0 saturated carbocycles. The second-order valence-corrected chi connectivity index (χ2v) is 4.33. The highest BCUT2D eigenvalue weighted by molar-refractivity contribution is 5.10. The van der Waals surface area contributed by atoms with Gasteiger partial charge >= 0.3 is 0 Å². The number of hydrogen-bond donors (Lipinski definition) is 1. The fourth-order valence-electron chi connectivity index (χ4n) is 2.22. The minimum absolute atomic E-state index is 0.124. The van der Waals surface area contributed by atoms with Crippen LogP contribution < -0.4 is 5.73 Å². The van der Waals surface area contributed by atoms with Crippen LogP contribution in [0, 0.1) is 6.92 Å². The van der Waals surface area contributed by atoms with E-state index in [9.17, 15) is 0 Å². The summed E-state index contributed by atoms with van der Waals surface area (Å²) in [7, 11) is 1.72. The molecule has 0 fully saturated rings. The SMILES string of the molecule is CCN(C(C)COC)C(CN)c1ccc(C)o1. The summed E-state index contributed by atoms with van der Waals surface area (Å²) >= 11 is 0. The van der Waals surface area contributed by atoms with Crippen LogP contribution in [0.2, 0.25) is 0 Å². The summed E-state index contributed by atoms with van der Waals surface area (Å²) in [5, 5.41) is 0. The highest BCUT2D eigenvalue weighted by Gasteiger charge is 2.24.